The minimum atomic E-state index is -3.72. The highest BCUT2D eigenvalue weighted by Crippen LogP contribution is 2.33. The van der Waals surface area contributed by atoms with E-state index in [1.807, 2.05) is 6.92 Å². The Labute approximate surface area is 142 Å². The first-order valence-electron chi connectivity index (χ1n) is 8.03. The third kappa shape index (κ3) is 3.13. The number of benzene rings is 1. The normalized spacial score (nSPS) is 22.8. The summed E-state index contributed by atoms with van der Waals surface area (Å²) in [4.78, 5) is 13.7. The van der Waals surface area contributed by atoms with Crippen molar-refractivity contribution in [3.63, 3.8) is 0 Å². The van der Waals surface area contributed by atoms with E-state index in [0.717, 1.165) is 6.42 Å². The number of morpholine rings is 1. The fraction of sp³-hybridized carbons (Fsp3) is 0.562. The van der Waals surface area contributed by atoms with Gasteiger partial charge >= 0.3 is 0 Å². The van der Waals surface area contributed by atoms with Gasteiger partial charge < -0.3 is 14.4 Å². The molecule has 1 aromatic rings. The maximum absolute atomic E-state index is 13.0. The lowest BCUT2D eigenvalue weighted by Gasteiger charge is -2.31. The number of hydrogen-bond donors (Lipinski definition) is 0. The summed E-state index contributed by atoms with van der Waals surface area (Å²) in [6.07, 6.45) is 1.13. The minimum Gasteiger partial charge on any atom is -0.495 e. The Morgan fingerprint density at radius 1 is 1.29 bits per heavy atom. The van der Waals surface area contributed by atoms with Crippen LogP contribution in [-0.2, 0) is 19.6 Å². The Hall–Kier alpha value is -1.64. The number of ether oxygens (including phenoxy) is 2. The molecule has 0 aliphatic carbocycles. The van der Waals surface area contributed by atoms with Gasteiger partial charge in [-0.2, -0.15) is 4.31 Å². The number of anilines is 1. The van der Waals surface area contributed by atoms with Crippen molar-refractivity contribution in [2.45, 2.75) is 30.8 Å². The van der Waals surface area contributed by atoms with E-state index in [1.165, 1.54) is 17.5 Å². The molecule has 1 amide bonds. The molecule has 8 heteroatoms. The molecule has 2 aliphatic rings. The average molecular weight is 354 g/mol. The lowest BCUT2D eigenvalue weighted by atomic mass is 10.3. The Morgan fingerprint density at radius 2 is 2.08 bits per heavy atom. The summed E-state index contributed by atoms with van der Waals surface area (Å²) in [5.41, 5.74) is 0.596. The molecule has 0 saturated carbocycles. The zero-order valence-corrected chi connectivity index (χ0v) is 14.7. The van der Waals surface area contributed by atoms with Gasteiger partial charge in [0.15, 0.2) is 0 Å². The van der Waals surface area contributed by atoms with Gasteiger partial charge in [0.25, 0.3) is 0 Å². The molecular formula is C16H22N2O5S. The van der Waals surface area contributed by atoms with Crippen molar-refractivity contribution in [2.24, 2.45) is 0 Å². The van der Waals surface area contributed by atoms with Gasteiger partial charge in [-0.25, -0.2) is 8.42 Å². The van der Waals surface area contributed by atoms with E-state index in [2.05, 4.69) is 0 Å². The number of rotatable bonds is 4. The van der Waals surface area contributed by atoms with Crippen molar-refractivity contribution in [3.05, 3.63) is 18.2 Å². The SMILES string of the molecule is COc1ccc(N2CCCC2=O)cc1S(=O)(=O)N1CCOC(C)C1. The van der Waals surface area contributed by atoms with Crippen LogP contribution in [0.2, 0.25) is 0 Å². The van der Waals surface area contributed by atoms with Crippen molar-refractivity contribution >= 4 is 21.6 Å². The van der Waals surface area contributed by atoms with Crippen LogP contribution in [0.4, 0.5) is 5.69 Å². The molecule has 0 radical (unpaired) electrons. The number of methoxy groups -OCH3 is 1. The van der Waals surface area contributed by atoms with Gasteiger partial charge in [-0.15, -0.1) is 0 Å². The number of amides is 1. The highest BCUT2D eigenvalue weighted by atomic mass is 32.2. The topological polar surface area (TPSA) is 76.2 Å². The molecule has 1 aromatic carbocycles. The molecule has 1 unspecified atom stereocenters. The lowest BCUT2D eigenvalue weighted by molar-refractivity contribution is -0.117. The van der Waals surface area contributed by atoms with Crippen LogP contribution in [0.3, 0.4) is 0 Å². The summed E-state index contributed by atoms with van der Waals surface area (Å²) < 4.78 is 38.2. The van der Waals surface area contributed by atoms with Gasteiger partial charge in [0.2, 0.25) is 15.9 Å². The molecule has 3 rings (SSSR count). The summed E-state index contributed by atoms with van der Waals surface area (Å²) in [5, 5.41) is 0. The fourth-order valence-electron chi connectivity index (χ4n) is 3.10. The molecule has 7 nitrogen and oxygen atoms in total. The second-order valence-corrected chi connectivity index (χ2v) is 7.93. The molecule has 24 heavy (non-hydrogen) atoms. The van der Waals surface area contributed by atoms with Gasteiger partial charge in [0, 0.05) is 31.7 Å². The summed E-state index contributed by atoms with van der Waals surface area (Å²) in [6, 6.07) is 4.87. The molecule has 2 aliphatic heterocycles. The molecule has 132 valence electrons. The molecule has 0 N–H and O–H groups in total. The maximum atomic E-state index is 13.0. The van der Waals surface area contributed by atoms with Crippen molar-refractivity contribution < 1.29 is 22.7 Å². The molecule has 2 saturated heterocycles. The van der Waals surface area contributed by atoms with Crippen molar-refractivity contribution in [3.8, 4) is 5.75 Å². The van der Waals surface area contributed by atoms with Crippen LogP contribution in [-0.4, -0.2) is 58.1 Å². The first-order valence-corrected chi connectivity index (χ1v) is 9.47. The van der Waals surface area contributed by atoms with E-state index in [1.54, 1.807) is 17.0 Å². The van der Waals surface area contributed by atoms with Crippen molar-refractivity contribution in [1.82, 2.24) is 4.31 Å². The van der Waals surface area contributed by atoms with Gasteiger partial charge in [0.1, 0.15) is 10.6 Å². The van der Waals surface area contributed by atoms with Crippen LogP contribution in [0.5, 0.6) is 5.75 Å². The molecule has 0 aromatic heterocycles. The number of carbonyl (C=O) groups is 1. The zero-order valence-electron chi connectivity index (χ0n) is 13.9. The Morgan fingerprint density at radius 3 is 2.71 bits per heavy atom. The van der Waals surface area contributed by atoms with E-state index in [9.17, 15) is 13.2 Å². The zero-order chi connectivity index (χ0) is 17.3. The summed E-state index contributed by atoms with van der Waals surface area (Å²) >= 11 is 0. The number of sulfonamides is 1. The van der Waals surface area contributed by atoms with E-state index in [4.69, 9.17) is 9.47 Å². The molecule has 2 heterocycles. The van der Waals surface area contributed by atoms with Crippen LogP contribution < -0.4 is 9.64 Å². The second-order valence-electron chi connectivity index (χ2n) is 6.03. The molecule has 0 bridgehead atoms. The average Bonchev–Trinajstić information content (AvgIpc) is 3.00. The van der Waals surface area contributed by atoms with Gasteiger partial charge in [-0.05, 0) is 31.5 Å². The van der Waals surface area contributed by atoms with Crippen LogP contribution in [0.15, 0.2) is 23.1 Å². The monoisotopic (exact) mass is 354 g/mol. The minimum absolute atomic E-state index is 0.0171. The third-order valence-electron chi connectivity index (χ3n) is 4.35. The standard InChI is InChI=1S/C16H22N2O5S/c1-12-11-17(8-9-23-12)24(20,21)15-10-13(5-6-14(15)22-2)18-7-3-4-16(18)19/h5-6,10,12H,3-4,7-9,11H2,1-2H3. The van der Waals surface area contributed by atoms with Crippen molar-refractivity contribution in [1.29, 1.82) is 0 Å². The second kappa shape index (κ2) is 6.70. The van der Waals surface area contributed by atoms with E-state index < -0.39 is 10.0 Å². The van der Waals surface area contributed by atoms with Crippen LogP contribution >= 0.6 is 0 Å². The lowest BCUT2D eigenvalue weighted by Crippen LogP contribution is -2.44. The predicted octanol–water partition coefficient (Wildman–Crippen LogP) is 1.23. The summed E-state index contributed by atoms with van der Waals surface area (Å²) in [5.74, 6) is 0.299. The molecule has 0 spiro atoms. The third-order valence-corrected chi connectivity index (χ3v) is 6.24. The van der Waals surface area contributed by atoms with E-state index in [-0.39, 0.29) is 22.7 Å². The largest absolute Gasteiger partial charge is 0.495 e. The summed E-state index contributed by atoms with van der Waals surface area (Å²) in [6.45, 7) is 3.44. The van der Waals surface area contributed by atoms with Gasteiger partial charge in [0.05, 0.1) is 19.8 Å². The fourth-order valence-corrected chi connectivity index (χ4v) is 4.77. The smallest absolute Gasteiger partial charge is 0.247 e. The molecule has 2 fully saturated rings. The number of carbonyl (C=O) groups excluding carboxylic acids is 1. The number of nitrogens with zero attached hydrogens (tertiary/aromatic N) is 2. The van der Waals surface area contributed by atoms with Gasteiger partial charge in [-0.3, -0.25) is 4.79 Å². The summed E-state index contributed by atoms with van der Waals surface area (Å²) in [7, 11) is -2.28. The maximum Gasteiger partial charge on any atom is 0.247 e. The van der Waals surface area contributed by atoms with Crippen molar-refractivity contribution in [2.75, 3.05) is 38.3 Å². The Kier molecular flexibility index (Phi) is 4.80. The van der Waals surface area contributed by atoms with Crippen LogP contribution in [0.1, 0.15) is 19.8 Å². The first-order chi connectivity index (χ1) is 11.4. The Balaban J connectivity index is 1.99. The van der Waals surface area contributed by atoms with E-state index in [0.29, 0.717) is 38.3 Å². The number of hydrogen-bond acceptors (Lipinski definition) is 5. The molecular weight excluding hydrogens is 332 g/mol. The Bertz CT molecular complexity index is 734. The van der Waals surface area contributed by atoms with Gasteiger partial charge in [-0.1, -0.05) is 0 Å². The first kappa shape index (κ1) is 17.2. The molecule has 1 atom stereocenters. The van der Waals surface area contributed by atoms with Crippen LogP contribution in [0.25, 0.3) is 0 Å². The quantitative estimate of drug-likeness (QED) is 0.813. The highest BCUT2D eigenvalue weighted by molar-refractivity contribution is 7.89. The van der Waals surface area contributed by atoms with E-state index >= 15 is 0 Å². The predicted molar refractivity (Wildman–Crippen MR) is 88.8 cm³/mol. The highest BCUT2D eigenvalue weighted by Gasteiger charge is 2.32. The van der Waals surface area contributed by atoms with Crippen LogP contribution in [0, 0.1) is 0 Å².